The summed E-state index contributed by atoms with van der Waals surface area (Å²) in [5.41, 5.74) is -0.536. The molecule has 1 rings (SSSR count). The molecule has 1 fully saturated rings. The Morgan fingerprint density at radius 3 is 2.47 bits per heavy atom. The van der Waals surface area contributed by atoms with Crippen LogP contribution in [0, 0.1) is 11.3 Å². The number of hydrogen-bond acceptors (Lipinski definition) is 3. The van der Waals surface area contributed by atoms with Crippen LogP contribution in [0.25, 0.3) is 0 Å². The summed E-state index contributed by atoms with van der Waals surface area (Å²) in [5.74, 6) is -0.334. The zero-order valence-electron chi connectivity index (χ0n) is 11.9. The molecule has 6 nitrogen and oxygen atoms in total. The SMILES string of the molecule is CC(C)(C)C(NC(=O)NCCOCC1CC1)C(=O)O. The zero-order valence-corrected chi connectivity index (χ0v) is 11.9. The van der Waals surface area contributed by atoms with Gasteiger partial charge in [-0.05, 0) is 24.2 Å². The van der Waals surface area contributed by atoms with Crippen molar-refractivity contribution in [3.63, 3.8) is 0 Å². The number of carboxylic acid groups (broad SMARTS) is 1. The van der Waals surface area contributed by atoms with Gasteiger partial charge in [0.1, 0.15) is 6.04 Å². The molecule has 1 unspecified atom stereocenters. The van der Waals surface area contributed by atoms with Crippen LogP contribution in [0.1, 0.15) is 33.6 Å². The quantitative estimate of drug-likeness (QED) is 0.608. The maximum atomic E-state index is 11.6. The van der Waals surface area contributed by atoms with Crippen molar-refractivity contribution in [1.29, 1.82) is 0 Å². The van der Waals surface area contributed by atoms with E-state index in [2.05, 4.69) is 10.6 Å². The van der Waals surface area contributed by atoms with Crippen molar-refractivity contribution in [2.24, 2.45) is 11.3 Å². The zero-order chi connectivity index (χ0) is 14.5. The molecule has 6 heteroatoms. The minimum Gasteiger partial charge on any atom is -0.480 e. The van der Waals surface area contributed by atoms with Crippen LogP contribution < -0.4 is 10.6 Å². The highest BCUT2D eigenvalue weighted by atomic mass is 16.5. The van der Waals surface area contributed by atoms with Crippen molar-refractivity contribution in [3.05, 3.63) is 0 Å². The molecule has 0 aromatic heterocycles. The molecular formula is C13H24N2O4. The molecule has 0 aromatic carbocycles. The van der Waals surface area contributed by atoms with Crippen molar-refractivity contribution in [2.45, 2.75) is 39.7 Å². The Bertz CT molecular complexity index is 321. The first-order valence-electron chi connectivity index (χ1n) is 6.65. The van der Waals surface area contributed by atoms with Crippen LogP contribution in [0.15, 0.2) is 0 Å². The molecule has 1 saturated carbocycles. The summed E-state index contributed by atoms with van der Waals surface area (Å²) in [6.07, 6.45) is 2.47. The average Bonchev–Trinajstić information content (AvgIpc) is 3.07. The monoisotopic (exact) mass is 272 g/mol. The van der Waals surface area contributed by atoms with Crippen LogP contribution in [0.5, 0.6) is 0 Å². The Morgan fingerprint density at radius 2 is 2.00 bits per heavy atom. The van der Waals surface area contributed by atoms with Crippen LogP contribution >= 0.6 is 0 Å². The second kappa shape index (κ2) is 6.75. The second-order valence-electron chi connectivity index (χ2n) is 6.06. The number of rotatable bonds is 7. The molecule has 1 aliphatic carbocycles. The Labute approximate surface area is 113 Å². The lowest BCUT2D eigenvalue weighted by Gasteiger charge is -2.27. The average molecular weight is 272 g/mol. The van der Waals surface area contributed by atoms with Crippen LogP contribution in [0.3, 0.4) is 0 Å². The van der Waals surface area contributed by atoms with Crippen LogP contribution in [0.2, 0.25) is 0 Å². The lowest BCUT2D eigenvalue weighted by molar-refractivity contribution is -0.141. The topological polar surface area (TPSA) is 87.7 Å². The summed E-state index contributed by atoms with van der Waals surface area (Å²) in [6.45, 7) is 6.90. The third-order valence-electron chi connectivity index (χ3n) is 2.97. The number of hydrogen-bond donors (Lipinski definition) is 3. The lowest BCUT2D eigenvalue weighted by Crippen LogP contribution is -2.52. The first kappa shape index (κ1) is 15.8. The molecule has 0 heterocycles. The van der Waals surface area contributed by atoms with E-state index in [0.29, 0.717) is 19.1 Å². The number of carboxylic acids is 1. The van der Waals surface area contributed by atoms with E-state index in [9.17, 15) is 9.59 Å². The van der Waals surface area contributed by atoms with E-state index in [4.69, 9.17) is 9.84 Å². The number of carbonyl (C=O) groups excluding carboxylic acids is 1. The van der Waals surface area contributed by atoms with E-state index in [1.54, 1.807) is 20.8 Å². The summed E-state index contributed by atoms with van der Waals surface area (Å²) in [5, 5.41) is 14.1. The fraction of sp³-hybridized carbons (Fsp3) is 0.846. The summed E-state index contributed by atoms with van der Waals surface area (Å²) in [7, 11) is 0. The highest BCUT2D eigenvalue weighted by Crippen LogP contribution is 2.28. The maximum absolute atomic E-state index is 11.6. The summed E-state index contributed by atoms with van der Waals surface area (Å²) < 4.78 is 5.37. The van der Waals surface area contributed by atoms with Gasteiger partial charge in [-0.1, -0.05) is 20.8 Å². The number of nitrogens with one attached hydrogen (secondary N) is 2. The van der Waals surface area contributed by atoms with Gasteiger partial charge in [-0.25, -0.2) is 9.59 Å². The van der Waals surface area contributed by atoms with Gasteiger partial charge in [0.2, 0.25) is 0 Å². The number of urea groups is 1. The first-order chi connectivity index (χ1) is 8.80. The van der Waals surface area contributed by atoms with Gasteiger partial charge < -0.3 is 20.5 Å². The van der Waals surface area contributed by atoms with Crippen molar-refractivity contribution in [1.82, 2.24) is 10.6 Å². The van der Waals surface area contributed by atoms with Gasteiger partial charge in [-0.3, -0.25) is 0 Å². The second-order valence-corrected chi connectivity index (χ2v) is 6.06. The first-order valence-corrected chi connectivity index (χ1v) is 6.65. The molecule has 0 bridgehead atoms. The smallest absolute Gasteiger partial charge is 0.326 e. The van der Waals surface area contributed by atoms with E-state index >= 15 is 0 Å². The number of carbonyl (C=O) groups is 2. The Kier molecular flexibility index (Phi) is 5.60. The van der Waals surface area contributed by atoms with Gasteiger partial charge in [-0.2, -0.15) is 0 Å². The molecule has 0 saturated heterocycles. The predicted molar refractivity (Wildman–Crippen MR) is 71.0 cm³/mol. The van der Waals surface area contributed by atoms with Gasteiger partial charge in [0.05, 0.1) is 6.61 Å². The van der Waals surface area contributed by atoms with Crippen LogP contribution in [-0.2, 0) is 9.53 Å². The normalized spacial score (nSPS) is 16.8. The van der Waals surface area contributed by atoms with Crippen molar-refractivity contribution in [3.8, 4) is 0 Å². The molecule has 0 aromatic rings. The molecule has 0 radical (unpaired) electrons. The molecule has 0 aliphatic heterocycles. The number of ether oxygens (including phenoxy) is 1. The van der Waals surface area contributed by atoms with Crippen LogP contribution in [0.4, 0.5) is 4.79 Å². The van der Waals surface area contributed by atoms with Gasteiger partial charge in [0.15, 0.2) is 0 Å². The summed E-state index contributed by atoms with van der Waals surface area (Å²) in [4.78, 5) is 22.6. The molecule has 110 valence electrons. The summed E-state index contributed by atoms with van der Waals surface area (Å²) in [6, 6.07) is -1.39. The fourth-order valence-corrected chi connectivity index (χ4v) is 1.60. The van der Waals surface area contributed by atoms with Crippen molar-refractivity contribution < 1.29 is 19.4 Å². The van der Waals surface area contributed by atoms with E-state index in [1.165, 1.54) is 12.8 Å². The van der Waals surface area contributed by atoms with Gasteiger partial charge in [0.25, 0.3) is 0 Å². The molecule has 1 aliphatic rings. The lowest BCUT2D eigenvalue weighted by atomic mass is 9.87. The highest BCUT2D eigenvalue weighted by molar-refractivity contribution is 5.83. The highest BCUT2D eigenvalue weighted by Gasteiger charge is 2.32. The molecule has 0 spiro atoms. The number of aliphatic carboxylic acids is 1. The molecule has 19 heavy (non-hydrogen) atoms. The molecule has 2 amide bonds. The Balaban J connectivity index is 2.18. The minimum absolute atomic E-state index is 0.384. The Morgan fingerprint density at radius 1 is 1.37 bits per heavy atom. The molecular weight excluding hydrogens is 248 g/mol. The molecule has 1 atom stereocenters. The van der Waals surface area contributed by atoms with E-state index in [-0.39, 0.29) is 0 Å². The fourth-order valence-electron chi connectivity index (χ4n) is 1.60. The Hall–Kier alpha value is -1.30. The maximum Gasteiger partial charge on any atom is 0.326 e. The van der Waals surface area contributed by atoms with Crippen LogP contribution in [-0.4, -0.2) is 42.9 Å². The van der Waals surface area contributed by atoms with Gasteiger partial charge in [-0.15, -0.1) is 0 Å². The molecule has 3 N–H and O–H groups in total. The van der Waals surface area contributed by atoms with Crippen molar-refractivity contribution in [2.75, 3.05) is 19.8 Å². The number of amides is 2. The van der Waals surface area contributed by atoms with Gasteiger partial charge >= 0.3 is 12.0 Å². The minimum atomic E-state index is -1.03. The third-order valence-corrected chi connectivity index (χ3v) is 2.97. The predicted octanol–water partition coefficient (Wildman–Crippen LogP) is 1.21. The van der Waals surface area contributed by atoms with Gasteiger partial charge in [0, 0.05) is 13.2 Å². The van der Waals surface area contributed by atoms with E-state index < -0.39 is 23.5 Å². The van der Waals surface area contributed by atoms with Crippen molar-refractivity contribution >= 4 is 12.0 Å². The summed E-state index contributed by atoms with van der Waals surface area (Å²) >= 11 is 0. The standard InChI is InChI=1S/C13H24N2O4/c1-13(2,3)10(11(16)17)15-12(18)14-6-7-19-8-9-4-5-9/h9-10H,4-8H2,1-3H3,(H,16,17)(H2,14,15,18). The van der Waals surface area contributed by atoms with E-state index in [1.807, 2.05) is 0 Å². The van der Waals surface area contributed by atoms with E-state index in [0.717, 1.165) is 6.61 Å². The largest absolute Gasteiger partial charge is 0.480 e. The third kappa shape index (κ3) is 6.42.